The fourth-order valence-corrected chi connectivity index (χ4v) is 7.49. The third kappa shape index (κ3) is 5.80. The summed E-state index contributed by atoms with van der Waals surface area (Å²) in [5.74, 6) is -1.21. The van der Waals surface area contributed by atoms with E-state index in [1.165, 1.54) is 0 Å². The number of hydrogen-bond acceptors (Lipinski definition) is 5. The number of nitrogens with zero attached hydrogens (tertiary/aromatic N) is 2. The smallest absolute Gasteiger partial charge is 0.246 e. The molecule has 1 saturated carbocycles. The summed E-state index contributed by atoms with van der Waals surface area (Å²) in [4.78, 5) is 45.9. The van der Waals surface area contributed by atoms with Gasteiger partial charge >= 0.3 is 0 Å². The van der Waals surface area contributed by atoms with E-state index in [-0.39, 0.29) is 23.8 Å². The van der Waals surface area contributed by atoms with Crippen LogP contribution in [0.5, 0.6) is 0 Å². The number of rotatable bonds is 11. The van der Waals surface area contributed by atoms with Gasteiger partial charge in [-0.1, -0.05) is 63.8 Å². The number of hydrogen-bond donors (Lipinski definition) is 2. The van der Waals surface area contributed by atoms with Gasteiger partial charge < -0.3 is 25.2 Å². The van der Waals surface area contributed by atoms with Gasteiger partial charge in [0, 0.05) is 23.3 Å². The van der Waals surface area contributed by atoms with E-state index in [1.54, 1.807) is 29.2 Å². The SMILES string of the molecule is CCCCN(C)CCCN1C(=O)[C@H]2[C@H](C(=O)Nc3ccc(Cl)cc3)[C@H]3C=C[C@@]2(O3)[C@@H]1C(=O)N[C@@H]1CCC[C@@H](C)[C@@H]1C. The summed E-state index contributed by atoms with van der Waals surface area (Å²) in [6, 6.07) is 6.15. The van der Waals surface area contributed by atoms with E-state index in [0.29, 0.717) is 29.1 Å². The van der Waals surface area contributed by atoms with Crippen LogP contribution < -0.4 is 10.6 Å². The Morgan fingerprint density at radius 1 is 1.12 bits per heavy atom. The number of benzene rings is 1. The lowest BCUT2D eigenvalue weighted by Gasteiger charge is -2.38. The fraction of sp³-hybridized carbons (Fsp3) is 0.656. The van der Waals surface area contributed by atoms with Crippen molar-refractivity contribution in [3.63, 3.8) is 0 Å². The highest BCUT2D eigenvalue weighted by molar-refractivity contribution is 6.30. The van der Waals surface area contributed by atoms with Crippen LogP contribution in [-0.2, 0) is 19.1 Å². The number of amides is 3. The average molecular weight is 585 g/mol. The van der Waals surface area contributed by atoms with Crippen molar-refractivity contribution < 1.29 is 19.1 Å². The van der Waals surface area contributed by atoms with Crippen LogP contribution in [0.1, 0.15) is 59.3 Å². The van der Waals surface area contributed by atoms with Gasteiger partial charge in [0.15, 0.2) is 0 Å². The van der Waals surface area contributed by atoms with Crippen molar-refractivity contribution in [2.75, 3.05) is 32.0 Å². The van der Waals surface area contributed by atoms with Crippen molar-refractivity contribution in [1.29, 1.82) is 0 Å². The molecule has 1 aromatic carbocycles. The highest BCUT2D eigenvalue weighted by Crippen LogP contribution is 2.55. The first kappa shape index (κ1) is 30.1. The van der Waals surface area contributed by atoms with Crippen LogP contribution in [-0.4, -0.2) is 78.0 Å². The van der Waals surface area contributed by atoms with Crippen LogP contribution in [0.15, 0.2) is 36.4 Å². The highest BCUT2D eigenvalue weighted by Gasteiger charge is 2.72. The molecule has 3 fully saturated rings. The largest absolute Gasteiger partial charge is 0.359 e. The summed E-state index contributed by atoms with van der Waals surface area (Å²) in [6.07, 6.45) is 9.36. The molecule has 3 amide bonds. The molecule has 9 heteroatoms. The molecule has 3 aliphatic heterocycles. The van der Waals surface area contributed by atoms with Crippen LogP contribution >= 0.6 is 11.6 Å². The van der Waals surface area contributed by atoms with E-state index in [9.17, 15) is 14.4 Å². The van der Waals surface area contributed by atoms with Crippen molar-refractivity contribution in [1.82, 2.24) is 15.1 Å². The van der Waals surface area contributed by atoms with Gasteiger partial charge in [0.2, 0.25) is 17.7 Å². The molecule has 0 aromatic heterocycles. The monoisotopic (exact) mass is 584 g/mol. The Kier molecular flexibility index (Phi) is 9.12. The molecule has 2 N–H and O–H groups in total. The molecule has 8 atom stereocenters. The first-order chi connectivity index (χ1) is 19.7. The Labute approximate surface area is 249 Å². The summed E-state index contributed by atoms with van der Waals surface area (Å²) < 4.78 is 6.50. The Hall–Kier alpha value is -2.42. The lowest BCUT2D eigenvalue weighted by atomic mass is 9.73. The number of carbonyl (C=O) groups excluding carboxylic acids is 3. The summed E-state index contributed by atoms with van der Waals surface area (Å²) in [5.41, 5.74) is -0.543. The maximum atomic E-state index is 14.2. The topological polar surface area (TPSA) is 91.0 Å². The van der Waals surface area contributed by atoms with Crippen LogP contribution in [0.2, 0.25) is 5.02 Å². The molecule has 1 spiro atoms. The maximum absolute atomic E-state index is 14.2. The predicted octanol–water partition coefficient (Wildman–Crippen LogP) is 4.49. The van der Waals surface area contributed by atoms with E-state index in [1.807, 2.05) is 12.2 Å². The van der Waals surface area contributed by atoms with Crippen LogP contribution in [0.3, 0.4) is 0 Å². The number of carbonyl (C=O) groups is 3. The van der Waals surface area contributed by atoms with Gasteiger partial charge in [-0.3, -0.25) is 14.4 Å². The minimum Gasteiger partial charge on any atom is -0.359 e. The predicted molar refractivity (Wildman–Crippen MR) is 160 cm³/mol. The summed E-state index contributed by atoms with van der Waals surface area (Å²) in [5, 5.41) is 6.85. The number of nitrogens with one attached hydrogen (secondary N) is 2. The van der Waals surface area contributed by atoms with Gasteiger partial charge in [0.25, 0.3) is 0 Å². The minimum absolute atomic E-state index is 0.0606. The van der Waals surface area contributed by atoms with Gasteiger partial charge in [-0.05, 0) is 75.5 Å². The molecule has 224 valence electrons. The van der Waals surface area contributed by atoms with Gasteiger partial charge in [0.1, 0.15) is 11.6 Å². The number of halogens is 1. The second-order valence-electron chi connectivity index (χ2n) is 12.6. The normalized spacial score (nSPS) is 33.9. The molecule has 1 aliphatic carbocycles. The number of likely N-dealkylation sites (tertiary alicyclic amines) is 1. The maximum Gasteiger partial charge on any atom is 0.246 e. The zero-order valence-corrected chi connectivity index (χ0v) is 25.5. The van der Waals surface area contributed by atoms with E-state index in [2.05, 4.69) is 43.4 Å². The van der Waals surface area contributed by atoms with Crippen molar-refractivity contribution in [3.8, 4) is 0 Å². The summed E-state index contributed by atoms with van der Waals surface area (Å²) in [6.45, 7) is 8.88. The number of unbranched alkanes of at least 4 members (excludes halogenated alkanes) is 1. The number of fused-ring (bicyclic) bond motifs is 1. The van der Waals surface area contributed by atoms with Crippen molar-refractivity contribution in [3.05, 3.63) is 41.4 Å². The molecule has 2 saturated heterocycles. The molecule has 41 heavy (non-hydrogen) atoms. The van der Waals surface area contributed by atoms with Crippen LogP contribution in [0.25, 0.3) is 0 Å². The fourth-order valence-electron chi connectivity index (χ4n) is 7.36. The zero-order valence-electron chi connectivity index (χ0n) is 24.8. The van der Waals surface area contributed by atoms with E-state index >= 15 is 0 Å². The first-order valence-corrected chi connectivity index (χ1v) is 15.8. The third-order valence-electron chi connectivity index (χ3n) is 9.90. The third-order valence-corrected chi connectivity index (χ3v) is 10.2. The van der Waals surface area contributed by atoms with Gasteiger partial charge in [-0.2, -0.15) is 0 Å². The number of ether oxygens (including phenoxy) is 1. The highest BCUT2D eigenvalue weighted by atomic mass is 35.5. The summed E-state index contributed by atoms with van der Waals surface area (Å²) >= 11 is 6.02. The van der Waals surface area contributed by atoms with E-state index < -0.39 is 29.6 Å². The molecule has 0 radical (unpaired) electrons. The zero-order chi connectivity index (χ0) is 29.3. The first-order valence-electron chi connectivity index (χ1n) is 15.4. The molecule has 5 rings (SSSR count). The molecule has 0 unspecified atom stereocenters. The average Bonchev–Trinajstić information content (AvgIpc) is 3.59. The minimum atomic E-state index is -1.15. The second kappa shape index (κ2) is 12.4. The lowest BCUT2D eigenvalue weighted by molar-refractivity contribution is -0.141. The van der Waals surface area contributed by atoms with Gasteiger partial charge in [-0.25, -0.2) is 0 Å². The Balaban J connectivity index is 1.38. The Bertz CT molecular complexity index is 1160. The molecule has 2 bridgehead atoms. The lowest BCUT2D eigenvalue weighted by Crippen LogP contribution is -2.58. The number of anilines is 1. The molecule has 8 nitrogen and oxygen atoms in total. The van der Waals surface area contributed by atoms with Crippen molar-refractivity contribution in [2.24, 2.45) is 23.7 Å². The standard InChI is InChI=1S/C32H45ClN4O4/c1-5-6-17-36(4)18-8-19-37-28(30(39)35-24-10-7-9-20(2)21(24)3)32-16-15-25(41-32)26(27(32)31(37)40)29(38)34-23-13-11-22(33)12-14-23/h11-16,20-21,24-28H,5-10,17-19H2,1-4H3,(H,34,38)(H,35,39)/t20-,21+,24-,25-,26-,27-,28+,32+/m1/s1. The van der Waals surface area contributed by atoms with E-state index in [4.69, 9.17) is 16.3 Å². The molecular weight excluding hydrogens is 540 g/mol. The Morgan fingerprint density at radius 2 is 1.85 bits per heavy atom. The Morgan fingerprint density at radius 3 is 2.59 bits per heavy atom. The van der Waals surface area contributed by atoms with Crippen molar-refractivity contribution in [2.45, 2.75) is 83.1 Å². The van der Waals surface area contributed by atoms with Crippen LogP contribution in [0, 0.1) is 23.7 Å². The van der Waals surface area contributed by atoms with Crippen molar-refractivity contribution >= 4 is 35.0 Å². The second-order valence-corrected chi connectivity index (χ2v) is 13.1. The molecule has 3 heterocycles. The van der Waals surface area contributed by atoms with Gasteiger partial charge in [-0.15, -0.1) is 0 Å². The summed E-state index contributed by atoms with van der Waals surface area (Å²) in [7, 11) is 2.09. The molecule has 1 aromatic rings. The van der Waals surface area contributed by atoms with Crippen LogP contribution in [0.4, 0.5) is 5.69 Å². The van der Waals surface area contributed by atoms with Gasteiger partial charge in [0.05, 0.1) is 17.9 Å². The van der Waals surface area contributed by atoms with E-state index in [0.717, 1.165) is 51.6 Å². The molecule has 4 aliphatic rings. The molecular formula is C32H45ClN4O4. The quantitative estimate of drug-likeness (QED) is 0.374.